The number of halogens is 1. The molecule has 1 unspecified atom stereocenters. The molecule has 4 heteroatoms. The third kappa shape index (κ3) is 3.36. The summed E-state index contributed by atoms with van der Waals surface area (Å²) in [6.45, 7) is 8.41. The van der Waals surface area contributed by atoms with Gasteiger partial charge in [-0.3, -0.25) is 9.79 Å². The molecule has 3 nitrogen and oxygen atoms in total. The van der Waals surface area contributed by atoms with E-state index in [-0.39, 0.29) is 35.6 Å². The highest BCUT2D eigenvalue weighted by molar-refractivity contribution is 6.05. The van der Waals surface area contributed by atoms with Crippen molar-refractivity contribution in [3.05, 3.63) is 59.6 Å². The van der Waals surface area contributed by atoms with E-state index in [4.69, 9.17) is 0 Å². The van der Waals surface area contributed by atoms with Crippen LogP contribution in [0, 0.1) is 29.0 Å². The molecule has 1 heterocycles. The summed E-state index contributed by atoms with van der Waals surface area (Å²) in [5.74, 6) is -0.0719. The van der Waals surface area contributed by atoms with Crippen molar-refractivity contribution in [3.8, 4) is 0 Å². The van der Waals surface area contributed by atoms with Crippen LogP contribution in [-0.4, -0.2) is 23.7 Å². The Balaban J connectivity index is 2.72. The third-order valence-corrected chi connectivity index (χ3v) is 5.33. The lowest BCUT2D eigenvalue weighted by atomic mass is 9.55. The van der Waals surface area contributed by atoms with Gasteiger partial charge in [0, 0.05) is 17.5 Å². The molecule has 1 aromatic carbocycles. The zero-order valence-corrected chi connectivity index (χ0v) is 15.2. The van der Waals surface area contributed by atoms with Gasteiger partial charge in [-0.15, -0.1) is 0 Å². The molecule has 1 aliphatic heterocycles. The lowest BCUT2D eigenvalue weighted by Crippen LogP contribution is -2.47. The Bertz CT molecular complexity index is 691. The summed E-state index contributed by atoms with van der Waals surface area (Å²) in [4.78, 5) is 15.6. The molecule has 1 N–H and O–H groups in total. The summed E-state index contributed by atoms with van der Waals surface area (Å²) in [7, 11) is 0. The number of allylic oxidation sites excluding steroid dienone is 2. The minimum atomic E-state index is -0.375. The summed E-state index contributed by atoms with van der Waals surface area (Å²) < 4.78 is 13.3. The largest absolute Gasteiger partial charge is 0.392 e. The van der Waals surface area contributed by atoms with E-state index in [0.29, 0.717) is 0 Å². The summed E-state index contributed by atoms with van der Waals surface area (Å²) in [5.41, 5.74) is 2.10. The SMILES string of the molecule is CC(C)C1(C(C)C)C(CO)=CN=C(c2ccc(F)cc2)C1/C=C/C=O. The van der Waals surface area contributed by atoms with E-state index in [0.717, 1.165) is 23.1 Å². The van der Waals surface area contributed by atoms with Crippen molar-refractivity contribution in [3.63, 3.8) is 0 Å². The van der Waals surface area contributed by atoms with Gasteiger partial charge in [0.25, 0.3) is 0 Å². The number of hydrogen-bond acceptors (Lipinski definition) is 3. The number of nitrogens with zero attached hydrogens (tertiary/aromatic N) is 1. The van der Waals surface area contributed by atoms with Gasteiger partial charge in [-0.25, -0.2) is 4.39 Å². The Morgan fingerprint density at radius 2 is 1.80 bits per heavy atom. The fourth-order valence-corrected chi connectivity index (χ4v) is 4.35. The van der Waals surface area contributed by atoms with Gasteiger partial charge in [0.2, 0.25) is 0 Å². The van der Waals surface area contributed by atoms with Crippen LogP contribution >= 0.6 is 0 Å². The highest BCUT2D eigenvalue weighted by atomic mass is 19.1. The van der Waals surface area contributed by atoms with Crippen LogP contribution in [0.15, 0.2) is 53.2 Å². The van der Waals surface area contributed by atoms with Crippen LogP contribution in [0.1, 0.15) is 33.3 Å². The molecule has 1 aliphatic rings. The van der Waals surface area contributed by atoms with E-state index >= 15 is 0 Å². The minimum Gasteiger partial charge on any atom is -0.392 e. The fourth-order valence-electron chi connectivity index (χ4n) is 4.35. The molecule has 0 saturated heterocycles. The van der Waals surface area contributed by atoms with Crippen LogP contribution in [0.3, 0.4) is 0 Å². The number of carbonyl (C=O) groups excluding carboxylic acids is 1. The van der Waals surface area contributed by atoms with Crippen LogP contribution in [0.2, 0.25) is 0 Å². The lowest BCUT2D eigenvalue weighted by Gasteiger charge is -2.50. The maximum Gasteiger partial charge on any atom is 0.142 e. The number of aliphatic hydroxyl groups excluding tert-OH is 1. The maximum atomic E-state index is 13.3. The highest BCUT2D eigenvalue weighted by Gasteiger charge is 2.49. The second-order valence-corrected chi connectivity index (χ2v) is 7.07. The lowest BCUT2D eigenvalue weighted by molar-refractivity contribution is -0.104. The van der Waals surface area contributed by atoms with Gasteiger partial charge in [-0.2, -0.15) is 0 Å². The van der Waals surface area contributed by atoms with Crippen LogP contribution in [0.4, 0.5) is 4.39 Å². The zero-order chi connectivity index (χ0) is 18.6. The first-order valence-electron chi connectivity index (χ1n) is 8.65. The number of aliphatic hydroxyl groups is 1. The van der Waals surface area contributed by atoms with Crippen LogP contribution in [0.25, 0.3) is 0 Å². The van der Waals surface area contributed by atoms with Crippen molar-refractivity contribution in [2.45, 2.75) is 27.7 Å². The van der Waals surface area contributed by atoms with Crippen molar-refractivity contribution in [2.75, 3.05) is 6.61 Å². The number of rotatable bonds is 6. The number of aliphatic imine (C=N–C) groups is 1. The van der Waals surface area contributed by atoms with Gasteiger partial charge in [-0.05, 0) is 41.2 Å². The fraction of sp³-hybridized carbons (Fsp3) is 0.429. The van der Waals surface area contributed by atoms with Crippen LogP contribution in [-0.2, 0) is 4.79 Å². The van der Waals surface area contributed by atoms with Gasteiger partial charge >= 0.3 is 0 Å². The van der Waals surface area contributed by atoms with Crippen LogP contribution in [0.5, 0.6) is 0 Å². The molecule has 0 aliphatic carbocycles. The Morgan fingerprint density at radius 1 is 1.20 bits per heavy atom. The van der Waals surface area contributed by atoms with Gasteiger partial charge in [-0.1, -0.05) is 45.9 Å². The first kappa shape index (κ1) is 19.3. The molecule has 2 rings (SSSR count). The number of carbonyl (C=O) groups is 1. The molecule has 0 saturated carbocycles. The monoisotopic (exact) mass is 343 g/mol. The summed E-state index contributed by atoms with van der Waals surface area (Å²) in [6.07, 6.45) is 5.84. The molecular weight excluding hydrogens is 317 g/mol. The van der Waals surface area contributed by atoms with Crippen molar-refractivity contribution in [2.24, 2.45) is 28.2 Å². The van der Waals surface area contributed by atoms with Crippen molar-refractivity contribution < 1.29 is 14.3 Å². The standard InChI is InChI=1S/C21H26FNO2/c1-14(2)21(15(3)4)17(13-25)12-23-20(19(21)6-5-11-24)16-7-9-18(22)10-8-16/h5-12,14-15,19,25H,13H2,1-4H3/b6-5+. The van der Waals surface area contributed by atoms with Gasteiger partial charge in [0.1, 0.15) is 12.1 Å². The van der Waals surface area contributed by atoms with E-state index < -0.39 is 0 Å². The molecule has 0 fully saturated rings. The molecule has 1 aromatic rings. The Morgan fingerprint density at radius 3 is 2.28 bits per heavy atom. The second-order valence-electron chi connectivity index (χ2n) is 7.07. The number of benzene rings is 1. The first-order chi connectivity index (χ1) is 11.9. The predicted octanol–water partition coefficient (Wildman–Crippen LogP) is 4.17. The molecule has 0 amide bonds. The van der Waals surface area contributed by atoms with E-state index in [2.05, 4.69) is 32.7 Å². The maximum absolute atomic E-state index is 13.3. The predicted molar refractivity (Wildman–Crippen MR) is 98.9 cm³/mol. The van der Waals surface area contributed by atoms with E-state index in [1.54, 1.807) is 18.3 Å². The van der Waals surface area contributed by atoms with E-state index in [1.807, 2.05) is 6.08 Å². The molecule has 1 atom stereocenters. The van der Waals surface area contributed by atoms with E-state index in [9.17, 15) is 14.3 Å². The normalized spacial score (nSPS) is 20.1. The molecule has 0 aromatic heterocycles. The number of hydrogen-bond donors (Lipinski definition) is 1. The van der Waals surface area contributed by atoms with Gasteiger partial charge in [0.15, 0.2) is 0 Å². The summed E-state index contributed by atoms with van der Waals surface area (Å²) in [5, 5.41) is 9.98. The molecule has 0 bridgehead atoms. The first-order valence-corrected chi connectivity index (χ1v) is 8.65. The smallest absolute Gasteiger partial charge is 0.142 e. The average molecular weight is 343 g/mol. The summed E-state index contributed by atoms with van der Waals surface area (Å²) >= 11 is 0. The quantitative estimate of drug-likeness (QED) is 0.622. The number of aldehydes is 1. The topological polar surface area (TPSA) is 49.7 Å². The summed E-state index contributed by atoms with van der Waals surface area (Å²) in [6, 6.07) is 6.24. The van der Waals surface area contributed by atoms with Gasteiger partial charge in [0.05, 0.1) is 12.3 Å². The Kier molecular flexibility index (Phi) is 6.07. The highest BCUT2D eigenvalue weighted by Crippen LogP contribution is 2.52. The molecule has 25 heavy (non-hydrogen) atoms. The Hall–Kier alpha value is -2.07. The van der Waals surface area contributed by atoms with Crippen LogP contribution < -0.4 is 0 Å². The minimum absolute atomic E-state index is 0.0814. The molecular formula is C21H26FNO2. The van der Waals surface area contributed by atoms with Crippen molar-refractivity contribution in [1.29, 1.82) is 0 Å². The van der Waals surface area contributed by atoms with E-state index in [1.165, 1.54) is 18.2 Å². The van der Waals surface area contributed by atoms with Crippen molar-refractivity contribution in [1.82, 2.24) is 0 Å². The Labute approximate surface area is 149 Å². The van der Waals surface area contributed by atoms with Crippen molar-refractivity contribution >= 4 is 12.0 Å². The molecule has 0 spiro atoms. The third-order valence-electron chi connectivity index (χ3n) is 5.33. The molecule has 134 valence electrons. The molecule has 0 radical (unpaired) electrons. The average Bonchev–Trinajstić information content (AvgIpc) is 2.59. The van der Waals surface area contributed by atoms with Gasteiger partial charge < -0.3 is 5.11 Å². The zero-order valence-electron chi connectivity index (χ0n) is 15.2. The second kappa shape index (κ2) is 7.87.